The van der Waals surface area contributed by atoms with Crippen LogP contribution in [0.15, 0.2) is 66.7 Å². The van der Waals surface area contributed by atoms with Gasteiger partial charge in [0.1, 0.15) is 5.75 Å². The van der Waals surface area contributed by atoms with E-state index in [2.05, 4.69) is 0 Å². The Morgan fingerprint density at radius 2 is 1.55 bits per heavy atom. The molecule has 0 aliphatic heterocycles. The fraction of sp³-hybridized carbons (Fsp3) is 0.200. The van der Waals surface area contributed by atoms with Gasteiger partial charge in [0, 0.05) is 0 Å². The Balaban J connectivity index is 1.98. The molecule has 0 aliphatic carbocycles. The molecule has 1 unspecified atom stereocenters. The lowest BCUT2D eigenvalue weighted by atomic mass is 9.88. The molecule has 0 saturated heterocycles. The molecule has 0 aliphatic rings. The number of methoxy groups -OCH3 is 1. The number of hydrogen-bond acceptors (Lipinski definition) is 5. The van der Waals surface area contributed by atoms with E-state index in [0.717, 1.165) is 11.1 Å². The van der Waals surface area contributed by atoms with Crippen LogP contribution in [0.25, 0.3) is 11.1 Å². The predicted octanol–water partition coefficient (Wildman–Crippen LogP) is 4.25. The van der Waals surface area contributed by atoms with Crippen LogP contribution in [0.5, 0.6) is 17.2 Å². The highest BCUT2D eigenvalue weighted by atomic mass is 16.5. The number of amides is 1. The van der Waals surface area contributed by atoms with Crippen molar-refractivity contribution in [3.05, 3.63) is 77.9 Å². The summed E-state index contributed by atoms with van der Waals surface area (Å²) >= 11 is 0. The van der Waals surface area contributed by atoms with E-state index in [1.165, 1.54) is 13.2 Å². The summed E-state index contributed by atoms with van der Waals surface area (Å²) in [6.07, 6.45) is 0. The van der Waals surface area contributed by atoms with Crippen molar-refractivity contribution in [2.75, 3.05) is 7.11 Å². The zero-order valence-electron chi connectivity index (χ0n) is 17.7. The van der Waals surface area contributed by atoms with Crippen LogP contribution < -0.4 is 15.2 Å². The topological polar surface area (TPSA) is 98.9 Å². The summed E-state index contributed by atoms with van der Waals surface area (Å²) in [6, 6.07) is 19.4. The molecule has 0 bridgehead atoms. The minimum absolute atomic E-state index is 0.0176. The number of phenols is 1. The maximum atomic E-state index is 12.3. The highest BCUT2D eigenvalue weighted by Gasteiger charge is 2.22. The second-order valence-corrected chi connectivity index (χ2v) is 7.50. The second-order valence-electron chi connectivity index (χ2n) is 7.50. The number of hydrogen-bond donors (Lipinski definition) is 2. The van der Waals surface area contributed by atoms with Crippen molar-refractivity contribution in [2.45, 2.75) is 19.8 Å². The smallest absolute Gasteiger partial charge is 0.313 e. The van der Waals surface area contributed by atoms with Crippen molar-refractivity contribution in [3.63, 3.8) is 0 Å². The molecule has 0 aromatic heterocycles. The molecule has 3 N–H and O–H groups in total. The summed E-state index contributed by atoms with van der Waals surface area (Å²) in [6.45, 7) is 3.55. The molecule has 3 aromatic rings. The van der Waals surface area contributed by atoms with E-state index in [4.69, 9.17) is 15.2 Å². The monoisotopic (exact) mass is 419 g/mol. The lowest BCUT2D eigenvalue weighted by Crippen LogP contribution is -2.22. The maximum Gasteiger partial charge on any atom is 0.313 e. The predicted molar refractivity (Wildman–Crippen MR) is 118 cm³/mol. The van der Waals surface area contributed by atoms with Crippen LogP contribution in [0.4, 0.5) is 0 Å². The fourth-order valence-corrected chi connectivity index (χ4v) is 3.27. The van der Waals surface area contributed by atoms with Gasteiger partial charge in [0.25, 0.3) is 0 Å². The molecule has 0 heterocycles. The molecule has 0 saturated carbocycles. The van der Waals surface area contributed by atoms with Gasteiger partial charge in [-0.15, -0.1) is 0 Å². The summed E-state index contributed by atoms with van der Waals surface area (Å²) in [5.74, 6) is -1.08. The third-order valence-corrected chi connectivity index (χ3v) is 4.90. The number of carbonyl (C=O) groups is 2. The number of rotatable bonds is 7. The van der Waals surface area contributed by atoms with E-state index < -0.39 is 11.8 Å². The van der Waals surface area contributed by atoms with Gasteiger partial charge >= 0.3 is 5.97 Å². The second kappa shape index (κ2) is 9.34. The third kappa shape index (κ3) is 5.04. The van der Waals surface area contributed by atoms with E-state index in [-0.39, 0.29) is 23.4 Å². The normalized spacial score (nSPS) is 11.7. The third-order valence-electron chi connectivity index (χ3n) is 4.90. The number of nitrogens with two attached hydrogens (primary N) is 1. The fourth-order valence-electron chi connectivity index (χ4n) is 3.27. The quantitative estimate of drug-likeness (QED) is 0.441. The van der Waals surface area contributed by atoms with Crippen molar-refractivity contribution in [3.8, 4) is 28.4 Å². The van der Waals surface area contributed by atoms with Crippen molar-refractivity contribution < 1.29 is 24.2 Å². The van der Waals surface area contributed by atoms with Gasteiger partial charge in [-0.1, -0.05) is 56.3 Å². The van der Waals surface area contributed by atoms with Gasteiger partial charge in [-0.25, -0.2) is 0 Å². The molecular weight excluding hydrogens is 394 g/mol. The van der Waals surface area contributed by atoms with Gasteiger partial charge in [-0.05, 0) is 46.5 Å². The molecule has 0 fully saturated rings. The molecule has 160 valence electrons. The van der Waals surface area contributed by atoms with Gasteiger partial charge in [0.05, 0.1) is 18.9 Å². The van der Waals surface area contributed by atoms with Gasteiger partial charge in [0.2, 0.25) is 5.91 Å². The number of esters is 1. The largest absolute Gasteiger partial charge is 0.504 e. The number of benzene rings is 3. The van der Waals surface area contributed by atoms with Crippen LogP contribution in [0.2, 0.25) is 0 Å². The molecule has 1 atom stereocenters. The first-order chi connectivity index (χ1) is 14.8. The van der Waals surface area contributed by atoms with E-state index in [1.807, 2.05) is 30.3 Å². The van der Waals surface area contributed by atoms with Crippen LogP contribution in [0.1, 0.15) is 30.9 Å². The first-order valence-electron chi connectivity index (χ1n) is 9.88. The number of phenolic OH excluding ortho intramolecular Hbond substituents is 1. The molecule has 31 heavy (non-hydrogen) atoms. The molecule has 0 spiro atoms. The lowest BCUT2D eigenvalue weighted by Gasteiger charge is -2.17. The molecular formula is C25H25NO5. The minimum Gasteiger partial charge on any atom is -0.504 e. The minimum atomic E-state index is -0.726. The van der Waals surface area contributed by atoms with E-state index in [0.29, 0.717) is 16.9 Å². The van der Waals surface area contributed by atoms with Crippen molar-refractivity contribution >= 4 is 11.9 Å². The van der Waals surface area contributed by atoms with E-state index >= 15 is 0 Å². The van der Waals surface area contributed by atoms with Gasteiger partial charge in [0.15, 0.2) is 11.5 Å². The lowest BCUT2D eigenvalue weighted by molar-refractivity contribution is -0.137. The summed E-state index contributed by atoms with van der Waals surface area (Å²) in [4.78, 5) is 24.2. The SMILES string of the molecule is COc1cc(C(C(N)=O)c2cccc(-c3cccc(OC(=O)C(C)C)c3)c2)ccc1O. The summed E-state index contributed by atoms with van der Waals surface area (Å²) in [7, 11) is 1.44. The Labute approximate surface area is 181 Å². The molecule has 0 radical (unpaired) electrons. The Kier molecular flexibility index (Phi) is 6.60. The summed E-state index contributed by atoms with van der Waals surface area (Å²) in [5.41, 5.74) is 8.71. The van der Waals surface area contributed by atoms with Crippen LogP contribution >= 0.6 is 0 Å². The van der Waals surface area contributed by atoms with Gasteiger partial charge in [-0.2, -0.15) is 0 Å². The Morgan fingerprint density at radius 1 is 0.903 bits per heavy atom. The average molecular weight is 419 g/mol. The molecule has 3 aromatic carbocycles. The number of carbonyl (C=O) groups excluding carboxylic acids is 2. The van der Waals surface area contributed by atoms with E-state index in [9.17, 15) is 14.7 Å². The van der Waals surface area contributed by atoms with E-state index in [1.54, 1.807) is 44.2 Å². The van der Waals surface area contributed by atoms with Crippen LogP contribution in [-0.2, 0) is 9.59 Å². The summed E-state index contributed by atoms with van der Waals surface area (Å²) < 4.78 is 10.6. The Bertz CT molecular complexity index is 1110. The van der Waals surface area contributed by atoms with Crippen molar-refractivity contribution in [2.24, 2.45) is 11.7 Å². The Morgan fingerprint density at radius 3 is 2.19 bits per heavy atom. The zero-order valence-corrected chi connectivity index (χ0v) is 17.7. The van der Waals surface area contributed by atoms with Crippen LogP contribution in [-0.4, -0.2) is 24.1 Å². The standard InChI is InChI=1S/C25H25NO5/c1-15(2)25(29)31-20-9-5-7-17(13-20)16-6-4-8-18(12-16)23(24(26)28)19-10-11-21(27)22(14-19)30-3/h4-15,23,27H,1-3H3,(H2,26,28). The number of aromatic hydroxyl groups is 1. The highest BCUT2D eigenvalue weighted by Crippen LogP contribution is 2.34. The van der Waals surface area contributed by atoms with Crippen LogP contribution in [0.3, 0.4) is 0 Å². The molecule has 6 nitrogen and oxygen atoms in total. The zero-order chi connectivity index (χ0) is 22.5. The average Bonchev–Trinajstić information content (AvgIpc) is 2.75. The molecule has 6 heteroatoms. The Hall–Kier alpha value is -3.80. The highest BCUT2D eigenvalue weighted by molar-refractivity contribution is 5.86. The number of ether oxygens (including phenoxy) is 2. The number of primary amides is 1. The first kappa shape index (κ1) is 21.9. The first-order valence-corrected chi connectivity index (χ1v) is 9.88. The molecule has 1 amide bonds. The summed E-state index contributed by atoms with van der Waals surface area (Å²) in [5, 5.41) is 9.86. The van der Waals surface area contributed by atoms with Gasteiger partial charge in [-0.3, -0.25) is 9.59 Å². The van der Waals surface area contributed by atoms with Gasteiger partial charge < -0.3 is 20.3 Å². The van der Waals surface area contributed by atoms with Crippen LogP contribution in [0, 0.1) is 5.92 Å². The molecule has 3 rings (SSSR count). The maximum absolute atomic E-state index is 12.3. The van der Waals surface area contributed by atoms with Crippen molar-refractivity contribution in [1.29, 1.82) is 0 Å². The van der Waals surface area contributed by atoms with Crippen molar-refractivity contribution in [1.82, 2.24) is 0 Å².